The van der Waals surface area contributed by atoms with Gasteiger partial charge < -0.3 is 16.6 Å². The zero-order chi connectivity index (χ0) is 15.3. The molecule has 0 bridgehead atoms. The summed E-state index contributed by atoms with van der Waals surface area (Å²) in [4.78, 5) is 12.0. The second kappa shape index (κ2) is 6.51. The number of hydrogen-bond acceptors (Lipinski definition) is 4. The minimum absolute atomic E-state index is 0.0186. The average molecular weight is 273 g/mol. The molecule has 106 valence electrons. The summed E-state index contributed by atoms with van der Waals surface area (Å²) >= 11 is 0. The third kappa shape index (κ3) is 2.85. The van der Waals surface area contributed by atoms with Crippen molar-refractivity contribution in [2.45, 2.75) is 13.8 Å². The van der Waals surface area contributed by atoms with Gasteiger partial charge in [0.1, 0.15) is 5.84 Å². The first-order valence-electron chi connectivity index (χ1n) is 6.01. The van der Waals surface area contributed by atoms with Crippen molar-refractivity contribution in [1.82, 2.24) is 0 Å². The second-order valence-corrected chi connectivity index (χ2v) is 4.08. The Kier molecular flexibility index (Phi) is 5.02. The first kappa shape index (κ1) is 15.4. The molecule has 0 spiro atoms. The Hall–Kier alpha value is -2.63. The van der Waals surface area contributed by atoms with Gasteiger partial charge in [-0.1, -0.05) is 19.2 Å². The summed E-state index contributed by atoms with van der Waals surface area (Å²) < 4.78 is 0. The molecule has 0 radical (unpaired) electrons. The third-order valence-electron chi connectivity index (χ3n) is 2.90. The van der Waals surface area contributed by atoms with E-state index in [1.54, 1.807) is 6.92 Å². The Morgan fingerprint density at radius 3 is 2.55 bits per heavy atom. The summed E-state index contributed by atoms with van der Waals surface area (Å²) in [5.41, 5.74) is 12.9. The first-order chi connectivity index (χ1) is 9.47. The highest BCUT2D eigenvalue weighted by molar-refractivity contribution is 6.17. The Morgan fingerprint density at radius 2 is 2.05 bits per heavy atom. The van der Waals surface area contributed by atoms with E-state index in [-0.39, 0.29) is 17.5 Å². The maximum absolute atomic E-state index is 10.1. The van der Waals surface area contributed by atoms with E-state index in [1.165, 1.54) is 12.4 Å². The summed E-state index contributed by atoms with van der Waals surface area (Å²) in [5, 5.41) is 10.1. The Morgan fingerprint density at radius 1 is 1.40 bits per heavy atom. The van der Waals surface area contributed by atoms with Crippen molar-refractivity contribution in [2.24, 2.45) is 32.4 Å². The van der Waals surface area contributed by atoms with Gasteiger partial charge in [0.2, 0.25) is 0 Å². The van der Waals surface area contributed by atoms with Crippen molar-refractivity contribution < 1.29 is 5.11 Å². The third-order valence-corrected chi connectivity index (χ3v) is 2.90. The van der Waals surface area contributed by atoms with Crippen LogP contribution in [-0.2, 0) is 0 Å². The minimum Gasteiger partial charge on any atom is -0.504 e. The van der Waals surface area contributed by atoms with Crippen LogP contribution in [0.15, 0.2) is 63.5 Å². The Bertz CT molecular complexity index is 578. The van der Waals surface area contributed by atoms with Crippen LogP contribution in [0.1, 0.15) is 13.8 Å². The molecule has 0 aromatic heterocycles. The van der Waals surface area contributed by atoms with Crippen LogP contribution in [0.5, 0.6) is 0 Å². The standard InChI is InChI=1S/C14H19N5O/c1-5-9-10(12(15)19-14(9)18-7-3)8(4)11(20)13(16)17-6-2/h5-7,10,20H,2-3H2,1,4H3,(H2,16,17)(H2,15,18,19)/b9-5-,11-8-. The Balaban J connectivity index is 3.33. The summed E-state index contributed by atoms with van der Waals surface area (Å²) in [6.45, 7) is 10.5. The summed E-state index contributed by atoms with van der Waals surface area (Å²) in [6, 6.07) is 0. The normalized spacial score (nSPS) is 24.6. The van der Waals surface area contributed by atoms with E-state index in [0.717, 1.165) is 5.57 Å². The van der Waals surface area contributed by atoms with Crippen LogP contribution in [0.2, 0.25) is 0 Å². The zero-order valence-electron chi connectivity index (χ0n) is 11.7. The van der Waals surface area contributed by atoms with E-state index in [2.05, 4.69) is 28.1 Å². The smallest absolute Gasteiger partial charge is 0.165 e. The SMILES string of the molecule is C=CN=C1N=C(N)C(/C(C)=C(\O)C(N)=NC=C)/C1=C/C. The summed E-state index contributed by atoms with van der Waals surface area (Å²) in [5.74, 6) is 0.296. The number of aliphatic hydroxyl groups is 1. The van der Waals surface area contributed by atoms with Crippen molar-refractivity contribution in [3.63, 3.8) is 0 Å². The van der Waals surface area contributed by atoms with E-state index in [0.29, 0.717) is 17.2 Å². The molecule has 1 heterocycles. The van der Waals surface area contributed by atoms with Gasteiger partial charge >= 0.3 is 0 Å². The fourth-order valence-corrected chi connectivity index (χ4v) is 1.98. The van der Waals surface area contributed by atoms with Crippen LogP contribution in [-0.4, -0.2) is 22.6 Å². The molecule has 0 aromatic carbocycles. The highest BCUT2D eigenvalue weighted by Crippen LogP contribution is 2.29. The van der Waals surface area contributed by atoms with Crippen LogP contribution in [0.3, 0.4) is 0 Å². The molecule has 5 N–H and O–H groups in total. The molecule has 0 amide bonds. The van der Waals surface area contributed by atoms with Crippen LogP contribution >= 0.6 is 0 Å². The lowest BCUT2D eigenvalue weighted by Crippen LogP contribution is -2.26. The van der Waals surface area contributed by atoms with Gasteiger partial charge in [-0.15, -0.1) is 0 Å². The lowest BCUT2D eigenvalue weighted by atomic mass is 9.91. The van der Waals surface area contributed by atoms with E-state index < -0.39 is 0 Å². The monoisotopic (exact) mass is 273 g/mol. The number of rotatable bonds is 4. The summed E-state index contributed by atoms with van der Waals surface area (Å²) in [7, 11) is 0. The molecule has 1 rings (SSSR count). The number of hydrogen-bond donors (Lipinski definition) is 3. The van der Waals surface area contributed by atoms with Crippen molar-refractivity contribution in [2.75, 3.05) is 0 Å². The highest BCUT2D eigenvalue weighted by Gasteiger charge is 2.32. The number of allylic oxidation sites excluding steroid dienone is 1. The van der Waals surface area contributed by atoms with Gasteiger partial charge in [-0.2, -0.15) is 0 Å². The molecule has 0 saturated carbocycles. The molecule has 1 aliphatic heterocycles. The predicted molar refractivity (Wildman–Crippen MR) is 83.6 cm³/mol. The molecule has 20 heavy (non-hydrogen) atoms. The van der Waals surface area contributed by atoms with Crippen molar-refractivity contribution in [3.05, 3.63) is 48.5 Å². The first-order valence-corrected chi connectivity index (χ1v) is 6.01. The fourth-order valence-electron chi connectivity index (χ4n) is 1.98. The quantitative estimate of drug-likeness (QED) is 0.412. The topological polar surface area (TPSA) is 109 Å². The van der Waals surface area contributed by atoms with Crippen LogP contribution in [0.4, 0.5) is 0 Å². The molecule has 6 heteroatoms. The van der Waals surface area contributed by atoms with Crippen LogP contribution < -0.4 is 11.5 Å². The highest BCUT2D eigenvalue weighted by atomic mass is 16.3. The molecule has 0 saturated heterocycles. The molecule has 0 aromatic rings. The van der Waals surface area contributed by atoms with Gasteiger partial charge in [-0.3, -0.25) is 0 Å². The van der Waals surface area contributed by atoms with Gasteiger partial charge in [-0.05, 0) is 19.4 Å². The molecule has 6 nitrogen and oxygen atoms in total. The van der Waals surface area contributed by atoms with E-state index in [1.807, 2.05) is 13.0 Å². The number of nitrogens with two attached hydrogens (primary N) is 2. The second-order valence-electron chi connectivity index (χ2n) is 4.08. The number of aliphatic imine (C=N–C) groups is 3. The minimum atomic E-state index is -0.378. The molecule has 1 aliphatic rings. The maximum atomic E-state index is 10.1. The lowest BCUT2D eigenvalue weighted by Gasteiger charge is -2.15. The van der Waals surface area contributed by atoms with Gasteiger partial charge in [0, 0.05) is 18.0 Å². The lowest BCUT2D eigenvalue weighted by molar-refractivity contribution is 0.431. The van der Waals surface area contributed by atoms with Crippen molar-refractivity contribution in [3.8, 4) is 0 Å². The molecule has 1 unspecified atom stereocenters. The van der Waals surface area contributed by atoms with Gasteiger partial charge in [0.25, 0.3) is 0 Å². The largest absolute Gasteiger partial charge is 0.504 e. The van der Waals surface area contributed by atoms with Crippen molar-refractivity contribution >= 4 is 17.5 Å². The van der Waals surface area contributed by atoms with Gasteiger partial charge in [0.05, 0.1) is 5.92 Å². The predicted octanol–water partition coefficient (Wildman–Crippen LogP) is 1.79. The molecular formula is C14H19N5O. The number of nitrogens with zero attached hydrogens (tertiary/aromatic N) is 3. The fraction of sp³-hybridized carbons (Fsp3) is 0.214. The van der Waals surface area contributed by atoms with E-state index >= 15 is 0 Å². The molecular weight excluding hydrogens is 254 g/mol. The molecule has 0 aliphatic carbocycles. The number of amidine groups is 3. The van der Waals surface area contributed by atoms with Gasteiger partial charge in [0.15, 0.2) is 17.4 Å². The zero-order valence-corrected chi connectivity index (χ0v) is 11.7. The van der Waals surface area contributed by atoms with Gasteiger partial charge in [-0.25, -0.2) is 15.0 Å². The molecule has 0 fully saturated rings. The molecule has 1 atom stereocenters. The van der Waals surface area contributed by atoms with Crippen LogP contribution in [0, 0.1) is 5.92 Å². The van der Waals surface area contributed by atoms with E-state index in [4.69, 9.17) is 11.5 Å². The van der Waals surface area contributed by atoms with E-state index in [9.17, 15) is 5.11 Å². The maximum Gasteiger partial charge on any atom is 0.165 e. The number of aliphatic hydroxyl groups excluding tert-OH is 1. The van der Waals surface area contributed by atoms with Crippen LogP contribution in [0.25, 0.3) is 0 Å². The summed E-state index contributed by atoms with van der Waals surface area (Å²) in [6.07, 6.45) is 4.49. The average Bonchev–Trinajstić information content (AvgIpc) is 2.73. The Labute approximate surface area is 118 Å². The van der Waals surface area contributed by atoms with Crippen molar-refractivity contribution in [1.29, 1.82) is 0 Å².